The molecule has 2 N–H and O–H groups in total. The molecule has 0 aliphatic carbocycles. The SMILES string of the molecule is CCOC(=O)c1ccc(N)c(N2CCC(C)C(OC)C2)c1. The van der Waals surface area contributed by atoms with Gasteiger partial charge in [-0.15, -0.1) is 0 Å². The fourth-order valence-corrected chi connectivity index (χ4v) is 2.72. The number of nitrogens with two attached hydrogens (primary N) is 1. The number of anilines is 2. The number of carbonyl (C=O) groups excluding carboxylic acids is 1. The lowest BCUT2D eigenvalue weighted by atomic mass is 9.95. The van der Waals surface area contributed by atoms with E-state index in [1.165, 1.54) is 0 Å². The molecule has 5 nitrogen and oxygen atoms in total. The molecule has 21 heavy (non-hydrogen) atoms. The van der Waals surface area contributed by atoms with Crippen molar-refractivity contribution >= 4 is 17.3 Å². The molecule has 1 aromatic rings. The molecule has 1 aromatic carbocycles. The van der Waals surface area contributed by atoms with Gasteiger partial charge in [-0.1, -0.05) is 6.92 Å². The van der Waals surface area contributed by atoms with E-state index in [4.69, 9.17) is 15.2 Å². The predicted octanol–water partition coefficient (Wildman–Crippen LogP) is 2.31. The van der Waals surface area contributed by atoms with Crippen LogP contribution >= 0.6 is 0 Å². The Bertz CT molecular complexity index is 504. The summed E-state index contributed by atoms with van der Waals surface area (Å²) in [6.45, 7) is 6.06. The molecule has 0 saturated carbocycles. The van der Waals surface area contributed by atoms with Crippen molar-refractivity contribution in [3.8, 4) is 0 Å². The molecule has 0 amide bonds. The van der Waals surface area contributed by atoms with Crippen LogP contribution in [0.15, 0.2) is 18.2 Å². The minimum Gasteiger partial charge on any atom is -0.462 e. The van der Waals surface area contributed by atoms with Crippen LogP contribution in [-0.4, -0.2) is 38.9 Å². The first kappa shape index (κ1) is 15.6. The van der Waals surface area contributed by atoms with E-state index in [1.54, 1.807) is 26.2 Å². The van der Waals surface area contributed by atoms with Gasteiger partial charge in [-0.3, -0.25) is 0 Å². The Labute approximate surface area is 126 Å². The topological polar surface area (TPSA) is 64.8 Å². The molecule has 1 aliphatic rings. The highest BCUT2D eigenvalue weighted by molar-refractivity contribution is 5.92. The van der Waals surface area contributed by atoms with E-state index in [9.17, 15) is 4.79 Å². The third-order valence-electron chi connectivity index (χ3n) is 4.07. The van der Waals surface area contributed by atoms with Crippen LogP contribution < -0.4 is 10.6 Å². The minimum atomic E-state index is -0.313. The number of hydrogen-bond donors (Lipinski definition) is 1. The fraction of sp³-hybridized carbons (Fsp3) is 0.562. The summed E-state index contributed by atoms with van der Waals surface area (Å²) in [5.41, 5.74) is 8.17. The standard InChI is InChI=1S/C16H24N2O3/c1-4-21-16(19)12-5-6-13(17)14(9-12)18-8-7-11(2)15(10-18)20-3/h5-6,9,11,15H,4,7-8,10,17H2,1-3H3. The van der Waals surface area contributed by atoms with Crippen molar-refractivity contribution in [3.05, 3.63) is 23.8 Å². The Balaban J connectivity index is 2.22. The van der Waals surface area contributed by atoms with Gasteiger partial charge in [0.2, 0.25) is 0 Å². The highest BCUT2D eigenvalue weighted by Crippen LogP contribution is 2.30. The van der Waals surface area contributed by atoms with Gasteiger partial charge in [0.15, 0.2) is 0 Å². The number of piperidine rings is 1. The number of hydrogen-bond acceptors (Lipinski definition) is 5. The molecule has 1 heterocycles. The van der Waals surface area contributed by atoms with Gasteiger partial charge < -0.3 is 20.1 Å². The number of nitrogens with zero attached hydrogens (tertiary/aromatic N) is 1. The van der Waals surface area contributed by atoms with Crippen molar-refractivity contribution in [1.29, 1.82) is 0 Å². The summed E-state index contributed by atoms with van der Waals surface area (Å²) in [7, 11) is 1.74. The van der Waals surface area contributed by atoms with E-state index in [0.717, 1.165) is 25.2 Å². The van der Waals surface area contributed by atoms with Crippen molar-refractivity contribution in [1.82, 2.24) is 0 Å². The molecule has 1 saturated heterocycles. The molecule has 0 bridgehead atoms. The van der Waals surface area contributed by atoms with E-state index in [-0.39, 0.29) is 12.1 Å². The average Bonchev–Trinajstić information content (AvgIpc) is 2.48. The highest BCUT2D eigenvalue weighted by Gasteiger charge is 2.27. The monoisotopic (exact) mass is 292 g/mol. The maximum atomic E-state index is 11.9. The number of benzene rings is 1. The smallest absolute Gasteiger partial charge is 0.338 e. The molecule has 116 valence electrons. The average molecular weight is 292 g/mol. The van der Waals surface area contributed by atoms with Gasteiger partial charge in [0.05, 0.1) is 29.6 Å². The molecule has 0 radical (unpaired) electrons. The van der Waals surface area contributed by atoms with E-state index >= 15 is 0 Å². The third kappa shape index (κ3) is 3.47. The Morgan fingerprint density at radius 3 is 2.90 bits per heavy atom. The Morgan fingerprint density at radius 2 is 2.24 bits per heavy atom. The zero-order valence-corrected chi connectivity index (χ0v) is 13.0. The van der Waals surface area contributed by atoms with Crippen LogP contribution in [-0.2, 0) is 9.47 Å². The fourth-order valence-electron chi connectivity index (χ4n) is 2.72. The van der Waals surface area contributed by atoms with E-state index in [1.807, 2.05) is 6.07 Å². The van der Waals surface area contributed by atoms with Crippen LogP contribution in [0.3, 0.4) is 0 Å². The van der Waals surface area contributed by atoms with E-state index in [2.05, 4.69) is 11.8 Å². The second-order valence-corrected chi connectivity index (χ2v) is 5.48. The van der Waals surface area contributed by atoms with Crippen molar-refractivity contribution < 1.29 is 14.3 Å². The molecule has 2 unspecified atom stereocenters. The summed E-state index contributed by atoms with van der Waals surface area (Å²) in [4.78, 5) is 14.0. The number of esters is 1. The van der Waals surface area contributed by atoms with Crippen LogP contribution in [0.4, 0.5) is 11.4 Å². The molecule has 1 aliphatic heterocycles. The zero-order chi connectivity index (χ0) is 15.4. The van der Waals surface area contributed by atoms with Crippen molar-refractivity contribution in [2.45, 2.75) is 26.4 Å². The Kier molecular flexibility index (Phi) is 5.07. The van der Waals surface area contributed by atoms with Gasteiger partial charge in [-0.25, -0.2) is 4.79 Å². The van der Waals surface area contributed by atoms with Gasteiger partial charge in [0.25, 0.3) is 0 Å². The maximum absolute atomic E-state index is 11.9. The van der Waals surface area contributed by atoms with Crippen molar-refractivity contribution in [2.75, 3.05) is 37.4 Å². The molecular weight excluding hydrogens is 268 g/mol. The molecule has 1 fully saturated rings. The normalized spacial score (nSPS) is 22.1. The molecular formula is C16H24N2O3. The summed E-state index contributed by atoms with van der Waals surface area (Å²) in [6, 6.07) is 5.29. The molecule has 5 heteroatoms. The van der Waals surface area contributed by atoms with Crippen molar-refractivity contribution in [3.63, 3.8) is 0 Å². The second kappa shape index (κ2) is 6.80. The van der Waals surface area contributed by atoms with Gasteiger partial charge in [-0.05, 0) is 37.5 Å². The van der Waals surface area contributed by atoms with Crippen LogP contribution in [0.25, 0.3) is 0 Å². The third-order valence-corrected chi connectivity index (χ3v) is 4.07. The summed E-state index contributed by atoms with van der Waals surface area (Å²) < 4.78 is 10.6. The van der Waals surface area contributed by atoms with Gasteiger partial charge in [0.1, 0.15) is 0 Å². The lowest BCUT2D eigenvalue weighted by molar-refractivity contribution is 0.0498. The summed E-state index contributed by atoms with van der Waals surface area (Å²) in [5.74, 6) is 0.216. The first-order valence-corrected chi connectivity index (χ1v) is 7.41. The largest absolute Gasteiger partial charge is 0.462 e. The van der Waals surface area contributed by atoms with Crippen LogP contribution in [0.5, 0.6) is 0 Å². The predicted molar refractivity (Wildman–Crippen MR) is 83.6 cm³/mol. The zero-order valence-electron chi connectivity index (χ0n) is 13.0. The van der Waals surface area contributed by atoms with Crippen LogP contribution in [0.1, 0.15) is 30.6 Å². The quantitative estimate of drug-likeness (QED) is 0.681. The van der Waals surface area contributed by atoms with Gasteiger partial charge in [0, 0.05) is 20.2 Å². The second-order valence-electron chi connectivity index (χ2n) is 5.48. The molecule has 2 atom stereocenters. The molecule has 0 aromatic heterocycles. The summed E-state index contributed by atoms with van der Waals surface area (Å²) >= 11 is 0. The maximum Gasteiger partial charge on any atom is 0.338 e. The van der Waals surface area contributed by atoms with Gasteiger partial charge >= 0.3 is 5.97 Å². The van der Waals surface area contributed by atoms with Crippen molar-refractivity contribution in [2.24, 2.45) is 5.92 Å². The minimum absolute atomic E-state index is 0.185. The summed E-state index contributed by atoms with van der Waals surface area (Å²) in [6.07, 6.45) is 1.23. The van der Waals surface area contributed by atoms with Gasteiger partial charge in [-0.2, -0.15) is 0 Å². The van der Waals surface area contributed by atoms with Crippen LogP contribution in [0, 0.1) is 5.92 Å². The Hall–Kier alpha value is -1.75. The number of methoxy groups -OCH3 is 1. The number of ether oxygens (including phenoxy) is 2. The Morgan fingerprint density at radius 1 is 1.48 bits per heavy atom. The summed E-state index contributed by atoms with van der Waals surface area (Å²) in [5, 5.41) is 0. The lowest BCUT2D eigenvalue weighted by Gasteiger charge is -2.38. The van der Waals surface area contributed by atoms with E-state index in [0.29, 0.717) is 23.8 Å². The number of rotatable bonds is 4. The van der Waals surface area contributed by atoms with Crippen LogP contribution in [0.2, 0.25) is 0 Å². The molecule has 0 spiro atoms. The molecule has 2 rings (SSSR count). The lowest BCUT2D eigenvalue weighted by Crippen LogP contribution is -2.44. The first-order chi connectivity index (χ1) is 10.1. The number of nitrogen functional groups attached to an aromatic ring is 1. The highest BCUT2D eigenvalue weighted by atomic mass is 16.5. The first-order valence-electron chi connectivity index (χ1n) is 7.41. The number of carbonyl (C=O) groups is 1. The van der Waals surface area contributed by atoms with E-state index < -0.39 is 0 Å².